The number of anilines is 1. The summed E-state index contributed by atoms with van der Waals surface area (Å²) >= 11 is 0. The topological polar surface area (TPSA) is 130 Å². The van der Waals surface area contributed by atoms with Crippen LogP contribution in [0.4, 0.5) is 10.5 Å². The first-order valence-corrected chi connectivity index (χ1v) is 9.82. The second kappa shape index (κ2) is 9.15. The molecular formula is C18H22N4O4S. The lowest BCUT2D eigenvalue weighted by Crippen LogP contribution is -2.46. The molecule has 0 aliphatic rings. The van der Waals surface area contributed by atoms with Crippen molar-refractivity contribution in [3.05, 3.63) is 60.2 Å². The van der Waals surface area contributed by atoms with Crippen molar-refractivity contribution in [2.75, 3.05) is 11.9 Å². The Labute approximate surface area is 158 Å². The van der Waals surface area contributed by atoms with Gasteiger partial charge in [-0.3, -0.25) is 4.79 Å². The molecule has 0 saturated carbocycles. The number of primary sulfonamides is 1. The molecule has 9 heteroatoms. The predicted octanol–water partition coefficient (Wildman–Crippen LogP) is 1.20. The third-order valence-electron chi connectivity index (χ3n) is 3.74. The van der Waals surface area contributed by atoms with E-state index in [9.17, 15) is 18.0 Å². The molecule has 0 aliphatic heterocycles. The Morgan fingerprint density at radius 1 is 1.04 bits per heavy atom. The van der Waals surface area contributed by atoms with Crippen LogP contribution in [0.15, 0.2) is 59.5 Å². The van der Waals surface area contributed by atoms with E-state index in [0.717, 1.165) is 5.56 Å². The number of amides is 3. The number of benzene rings is 2. The van der Waals surface area contributed by atoms with Crippen LogP contribution in [-0.4, -0.2) is 32.9 Å². The van der Waals surface area contributed by atoms with Crippen molar-refractivity contribution in [3.8, 4) is 0 Å². The molecule has 0 saturated heterocycles. The molecule has 2 rings (SSSR count). The van der Waals surface area contributed by atoms with Crippen molar-refractivity contribution >= 4 is 27.6 Å². The lowest BCUT2D eigenvalue weighted by atomic mass is 10.1. The largest absolute Gasteiger partial charge is 0.354 e. The number of hydrogen-bond acceptors (Lipinski definition) is 4. The maximum Gasteiger partial charge on any atom is 0.319 e. The van der Waals surface area contributed by atoms with Gasteiger partial charge in [-0.1, -0.05) is 30.3 Å². The van der Waals surface area contributed by atoms with E-state index in [1.807, 2.05) is 6.07 Å². The maximum absolute atomic E-state index is 12.1. The number of nitrogens with two attached hydrogens (primary N) is 1. The normalized spacial score (nSPS) is 12.1. The number of para-hydroxylation sites is 1. The van der Waals surface area contributed by atoms with Crippen molar-refractivity contribution in [1.29, 1.82) is 0 Å². The fourth-order valence-corrected chi connectivity index (χ4v) is 2.80. The number of rotatable bonds is 7. The summed E-state index contributed by atoms with van der Waals surface area (Å²) < 4.78 is 22.4. The van der Waals surface area contributed by atoms with Gasteiger partial charge >= 0.3 is 6.03 Å². The van der Waals surface area contributed by atoms with E-state index in [-0.39, 0.29) is 10.8 Å². The molecule has 27 heavy (non-hydrogen) atoms. The molecule has 0 spiro atoms. The van der Waals surface area contributed by atoms with Crippen molar-refractivity contribution in [2.24, 2.45) is 5.14 Å². The van der Waals surface area contributed by atoms with Crippen LogP contribution in [0, 0.1) is 0 Å². The van der Waals surface area contributed by atoms with E-state index in [2.05, 4.69) is 16.0 Å². The van der Waals surface area contributed by atoms with E-state index in [4.69, 9.17) is 5.14 Å². The van der Waals surface area contributed by atoms with Gasteiger partial charge in [0, 0.05) is 12.2 Å². The van der Waals surface area contributed by atoms with Crippen LogP contribution in [0.2, 0.25) is 0 Å². The fraction of sp³-hybridized carbons (Fsp3) is 0.222. The average Bonchev–Trinajstić information content (AvgIpc) is 2.62. The van der Waals surface area contributed by atoms with Crippen molar-refractivity contribution in [1.82, 2.24) is 10.6 Å². The van der Waals surface area contributed by atoms with Gasteiger partial charge in [-0.25, -0.2) is 18.4 Å². The van der Waals surface area contributed by atoms with E-state index >= 15 is 0 Å². The highest BCUT2D eigenvalue weighted by Gasteiger charge is 2.15. The van der Waals surface area contributed by atoms with E-state index in [1.165, 1.54) is 12.1 Å². The minimum atomic E-state index is -3.71. The predicted molar refractivity (Wildman–Crippen MR) is 103 cm³/mol. The van der Waals surface area contributed by atoms with Crippen LogP contribution in [0.1, 0.15) is 12.5 Å². The third-order valence-corrected chi connectivity index (χ3v) is 4.67. The molecule has 3 amide bonds. The van der Waals surface area contributed by atoms with Gasteiger partial charge in [0.05, 0.1) is 4.90 Å². The molecule has 0 heterocycles. The molecule has 8 nitrogen and oxygen atoms in total. The summed E-state index contributed by atoms with van der Waals surface area (Å²) in [4.78, 5) is 24.0. The van der Waals surface area contributed by atoms with E-state index in [0.29, 0.717) is 18.7 Å². The zero-order valence-corrected chi connectivity index (χ0v) is 15.6. The summed E-state index contributed by atoms with van der Waals surface area (Å²) in [6.07, 6.45) is 0.513. The molecule has 0 aromatic heterocycles. The minimum absolute atomic E-state index is 0.0394. The molecule has 5 N–H and O–H groups in total. The highest BCUT2D eigenvalue weighted by atomic mass is 32.2. The summed E-state index contributed by atoms with van der Waals surface area (Å²) in [5.74, 6) is -0.320. The van der Waals surface area contributed by atoms with Crippen LogP contribution >= 0.6 is 0 Å². The Morgan fingerprint density at radius 2 is 1.67 bits per heavy atom. The number of hydrogen-bond donors (Lipinski definition) is 4. The van der Waals surface area contributed by atoms with Gasteiger partial charge in [0.25, 0.3) is 0 Å². The zero-order chi connectivity index (χ0) is 19.9. The summed E-state index contributed by atoms with van der Waals surface area (Å²) in [5, 5.41) is 13.0. The molecule has 0 radical (unpaired) electrons. The second-order valence-electron chi connectivity index (χ2n) is 5.92. The van der Waals surface area contributed by atoms with Crippen LogP contribution in [-0.2, 0) is 21.2 Å². The van der Waals surface area contributed by atoms with Gasteiger partial charge in [0.1, 0.15) is 6.04 Å². The first-order valence-electron chi connectivity index (χ1n) is 8.28. The first kappa shape index (κ1) is 20.4. The molecule has 0 unspecified atom stereocenters. The molecule has 0 fully saturated rings. The lowest BCUT2D eigenvalue weighted by Gasteiger charge is -2.15. The number of carbonyl (C=O) groups is 2. The molecule has 0 bridgehead atoms. The van der Waals surface area contributed by atoms with Gasteiger partial charge in [0.15, 0.2) is 0 Å². The quantitative estimate of drug-likeness (QED) is 0.566. The molecule has 2 aromatic carbocycles. The summed E-state index contributed by atoms with van der Waals surface area (Å²) in [6.45, 7) is 1.93. The van der Waals surface area contributed by atoms with E-state index in [1.54, 1.807) is 43.3 Å². The van der Waals surface area contributed by atoms with Crippen molar-refractivity contribution in [2.45, 2.75) is 24.3 Å². The summed E-state index contributed by atoms with van der Waals surface area (Å²) in [6, 6.07) is 13.8. The SMILES string of the molecule is C[C@H](NC(=O)Nc1ccccc1)C(=O)NCCc1ccc(S(N)(=O)=O)cc1. The van der Waals surface area contributed by atoms with E-state index < -0.39 is 22.1 Å². The Balaban J connectivity index is 1.75. The second-order valence-corrected chi connectivity index (χ2v) is 7.48. The number of urea groups is 1. The van der Waals surface area contributed by atoms with Crippen LogP contribution in [0.5, 0.6) is 0 Å². The number of nitrogens with one attached hydrogen (secondary N) is 3. The molecule has 1 atom stereocenters. The monoisotopic (exact) mass is 390 g/mol. The molecular weight excluding hydrogens is 368 g/mol. The summed E-state index contributed by atoms with van der Waals surface area (Å²) in [5.41, 5.74) is 1.48. The average molecular weight is 390 g/mol. The van der Waals surface area contributed by atoms with Crippen LogP contribution in [0.25, 0.3) is 0 Å². The third kappa shape index (κ3) is 6.72. The molecule has 2 aromatic rings. The Kier molecular flexibility index (Phi) is 6.91. The molecule has 0 aliphatic carbocycles. The number of carbonyl (C=O) groups excluding carboxylic acids is 2. The van der Waals surface area contributed by atoms with Gasteiger partial charge in [-0.2, -0.15) is 0 Å². The first-order chi connectivity index (χ1) is 12.8. The summed E-state index contributed by atoms with van der Waals surface area (Å²) in [7, 11) is -3.71. The number of sulfonamides is 1. The fourth-order valence-electron chi connectivity index (χ4n) is 2.28. The lowest BCUT2D eigenvalue weighted by molar-refractivity contribution is -0.122. The van der Waals surface area contributed by atoms with Crippen molar-refractivity contribution < 1.29 is 18.0 Å². The maximum atomic E-state index is 12.1. The molecule has 144 valence electrons. The Bertz CT molecular complexity index is 883. The van der Waals surface area contributed by atoms with Gasteiger partial charge in [-0.15, -0.1) is 0 Å². The van der Waals surface area contributed by atoms with Gasteiger partial charge in [-0.05, 0) is 43.2 Å². The highest BCUT2D eigenvalue weighted by Crippen LogP contribution is 2.09. The van der Waals surface area contributed by atoms with Crippen molar-refractivity contribution in [3.63, 3.8) is 0 Å². The van der Waals surface area contributed by atoms with Gasteiger partial charge < -0.3 is 16.0 Å². The smallest absolute Gasteiger partial charge is 0.319 e. The minimum Gasteiger partial charge on any atom is -0.354 e. The van der Waals surface area contributed by atoms with Gasteiger partial charge in [0.2, 0.25) is 15.9 Å². The Morgan fingerprint density at radius 3 is 2.26 bits per heavy atom. The standard InChI is InChI=1S/C18H22N4O4S/c1-13(21-18(24)22-15-5-3-2-4-6-15)17(23)20-12-11-14-7-9-16(10-8-14)27(19,25)26/h2-10,13H,11-12H2,1H3,(H,20,23)(H2,19,25,26)(H2,21,22,24)/t13-/m0/s1. The zero-order valence-electron chi connectivity index (χ0n) is 14.8. The highest BCUT2D eigenvalue weighted by molar-refractivity contribution is 7.89. The van der Waals surface area contributed by atoms with Crippen LogP contribution < -0.4 is 21.1 Å². The van der Waals surface area contributed by atoms with Crippen LogP contribution in [0.3, 0.4) is 0 Å². The Hall–Kier alpha value is -2.91.